The first-order valence-electron chi connectivity index (χ1n) is 5.87. The zero-order valence-electron chi connectivity index (χ0n) is 10.2. The van der Waals surface area contributed by atoms with Gasteiger partial charge in [0.05, 0.1) is 5.92 Å². The lowest BCUT2D eigenvalue weighted by Crippen LogP contribution is -2.24. The zero-order valence-corrected chi connectivity index (χ0v) is 10.2. The van der Waals surface area contributed by atoms with E-state index >= 15 is 0 Å². The first kappa shape index (κ1) is 11.5. The molecule has 1 aliphatic rings. The van der Waals surface area contributed by atoms with E-state index in [4.69, 9.17) is 4.52 Å². The van der Waals surface area contributed by atoms with Gasteiger partial charge in [0.15, 0.2) is 5.82 Å². The highest BCUT2D eigenvalue weighted by molar-refractivity contribution is 4.99. The third-order valence-corrected chi connectivity index (χ3v) is 3.21. The SMILES string of the molecule is CNC(C)Cc1noc(C2CCN(C)C2)n1. The fourth-order valence-corrected chi connectivity index (χ4v) is 2.03. The summed E-state index contributed by atoms with van der Waals surface area (Å²) in [6.07, 6.45) is 1.95. The highest BCUT2D eigenvalue weighted by atomic mass is 16.5. The minimum atomic E-state index is 0.386. The van der Waals surface area contributed by atoms with Gasteiger partial charge in [-0.25, -0.2) is 0 Å². The minimum Gasteiger partial charge on any atom is -0.339 e. The van der Waals surface area contributed by atoms with Crippen LogP contribution in [0.15, 0.2) is 4.52 Å². The van der Waals surface area contributed by atoms with Gasteiger partial charge in [-0.1, -0.05) is 5.16 Å². The highest BCUT2D eigenvalue weighted by Crippen LogP contribution is 2.24. The zero-order chi connectivity index (χ0) is 11.5. The molecular formula is C11H20N4O. The van der Waals surface area contributed by atoms with Crippen molar-refractivity contribution in [3.8, 4) is 0 Å². The summed E-state index contributed by atoms with van der Waals surface area (Å²) in [6.45, 7) is 4.26. The Kier molecular flexibility index (Phi) is 3.56. The van der Waals surface area contributed by atoms with Crippen LogP contribution in [0.2, 0.25) is 0 Å². The Balaban J connectivity index is 1.97. The number of rotatable bonds is 4. The summed E-state index contributed by atoms with van der Waals surface area (Å²) in [6, 6.07) is 0.386. The molecule has 1 aliphatic heterocycles. The molecule has 5 nitrogen and oxygen atoms in total. The molecule has 1 saturated heterocycles. The van der Waals surface area contributed by atoms with Crippen LogP contribution in [0.25, 0.3) is 0 Å². The van der Waals surface area contributed by atoms with Crippen LogP contribution in [0, 0.1) is 0 Å². The predicted molar refractivity (Wildman–Crippen MR) is 61.4 cm³/mol. The first-order valence-corrected chi connectivity index (χ1v) is 5.87. The van der Waals surface area contributed by atoms with Crippen LogP contribution in [0.1, 0.15) is 31.0 Å². The molecule has 5 heteroatoms. The van der Waals surface area contributed by atoms with E-state index in [-0.39, 0.29) is 0 Å². The fourth-order valence-electron chi connectivity index (χ4n) is 2.03. The molecule has 0 spiro atoms. The second kappa shape index (κ2) is 4.93. The van der Waals surface area contributed by atoms with Gasteiger partial charge < -0.3 is 14.7 Å². The lowest BCUT2D eigenvalue weighted by atomic mass is 10.1. The lowest BCUT2D eigenvalue weighted by Gasteiger charge is -2.06. The third kappa shape index (κ3) is 2.59. The maximum atomic E-state index is 5.33. The molecule has 0 aromatic carbocycles. The standard InChI is InChI=1S/C11H20N4O/c1-8(12-2)6-10-13-11(16-14-10)9-4-5-15(3)7-9/h8-9,12H,4-7H2,1-3H3. The van der Waals surface area contributed by atoms with E-state index in [1.807, 2.05) is 7.05 Å². The quantitative estimate of drug-likeness (QED) is 0.813. The molecule has 16 heavy (non-hydrogen) atoms. The number of hydrogen-bond donors (Lipinski definition) is 1. The molecule has 1 N–H and O–H groups in total. The molecule has 2 unspecified atom stereocenters. The lowest BCUT2D eigenvalue weighted by molar-refractivity contribution is 0.340. The number of likely N-dealkylation sites (N-methyl/N-ethyl adjacent to an activating group) is 2. The summed E-state index contributed by atoms with van der Waals surface area (Å²) in [4.78, 5) is 6.77. The van der Waals surface area contributed by atoms with Gasteiger partial charge in [-0.2, -0.15) is 4.98 Å². The second-order valence-corrected chi connectivity index (χ2v) is 4.69. The third-order valence-electron chi connectivity index (χ3n) is 3.21. The summed E-state index contributed by atoms with van der Waals surface area (Å²) in [5.41, 5.74) is 0. The van der Waals surface area contributed by atoms with Gasteiger partial charge in [-0.15, -0.1) is 0 Å². The first-order chi connectivity index (χ1) is 7.69. The van der Waals surface area contributed by atoms with Gasteiger partial charge in [0.25, 0.3) is 0 Å². The van der Waals surface area contributed by atoms with Gasteiger partial charge in [0, 0.05) is 19.0 Å². The van der Waals surface area contributed by atoms with Crippen molar-refractivity contribution in [3.05, 3.63) is 11.7 Å². The molecular weight excluding hydrogens is 204 g/mol. The summed E-state index contributed by atoms with van der Waals surface area (Å²) in [7, 11) is 4.07. The molecule has 0 saturated carbocycles. The van der Waals surface area contributed by atoms with E-state index < -0.39 is 0 Å². The predicted octanol–water partition coefficient (Wildman–Crippen LogP) is 0.639. The number of nitrogens with zero attached hydrogens (tertiary/aromatic N) is 3. The van der Waals surface area contributed by atoms with Crippen LogP contribution < -0.4 is 5.32 Å². The van der Waals surface area contributed by atoms with Gasteiger partial charge in [0.2, 0.25) is 5.89 Å². The molecule has 0 amide bonds. The van der Waals surface area contributed by atoms with Gasteiger partial charge in [-0.3, -0.25) is 0 Å². The molecule has 0 bridgehead atoms. The second-order valence-electron chi connectivity index (χ2n) is 4.69. The average molecular weight is 224 g/mol. The smallest absolute Gasteiger partial charge is 0.231 e. The Hall–Kier alpha value is -0.940. The molecule has 1 aromatic rings. The van der Waals surface area contributed by atoms with Crippen molar-refractivity contribution in [3.63, 3.8) is 0 Å². The molecule has 1 aromatic heterocycles. The van der Waals surface area contributed by atoms with Crippen molar-refractivity contribution in [1.82, 2.24) is 20.4 Å². The van der Waals surface area contributed by atoms with Crippen molar-refractivity contribution < 1.29 is 4.52 Å². The Labute approximate surface area is 96.2 Å². The number of likely N-dealkylation sites (tertiary alicyclic amines) is 1. The van der Waals surface area contributed by atoms with Crippen LogP contribution in [0.5, 0.6) is 0 Å². The topological polar surface area (TPSA) is 54.2 Å². The van der Waals surface area contributed by atoms with Crippen LogP contribution in [-0.4, -0.2) is 48.3 Å². The van der Waals surface area contributed by atoms with Crippen molar-refractivity contribution >= 4 is 0 Å². The van der Waals surface area contributed by atoms with Crippen LogP contribution >= 0.6 is 0 Å². The van der Waals surface area contributed by atoms with Crippen molar-refractivity contribution in [2.45, 2.75) is 31.7 Å². The van der Waals surface area contributed by atoms with E-state index in [0.29, 0.717) is 12.0 Å². The van der Waals surface area contributed by atoms with Gasteiger partial charge in [-0.05, 0) is 34.0 Å². The monoisotopic (exact) mass is 224 g/mol. The fraction of sp³-hybridized carbons (Fsp3) is 0.818. The van der Waals surface area contributed by atoms with E-state index in [1.165, 1.54) is 0 Å². The van der Waals surface area contributed by atoms with Gasteiger partial charge >= 0.3 is 0 Å². The molecule has 0 radical (unpaired) electrons. The van der Waals surface area contributed by atoms with E-state index in [0.717, 1.165) is 37.6 Å². The van der Waals surface area contributed by atoms with Gasteiger partial charge in [0.1, 0.15) is 0 Å². The Morgan fingerprint density at radius 3 is 3.06 bits per heavy atom. The average Bonchev–Trinajstić information content (AvgIpc) is 2.87. The molecule has 2 heterocycles. The number of nitrogens with one attached hydrogen (secondary N) is 1. The summed E-state index contributed by atoms with van der Waals surface area (Å²) in [5, 5.41) is 7.20. The van der Waals surface area contributed by atoms with Crippen molar-refractivity contribution in [2.75, 3.05) is 27.2 Å². The molecule has 2 atom stereocenters. The van der Waals surface area contributed by atoms with E-state index in [1.54, 1.807) is 0 Å². The Bertz CT molecular complexity index is 338. The van der Waals surface area contributed by atoms with Crippen LogP contribution in [-0.2, 0) is 6.42 Å². The molecule has 2 rings (SSSR count). The summed E-state index contributed by atoms with van der Waals surface area (Å²) < 4.78 is 5.33. The number of aromatic nitrogens is 2. The summed E-state index contributed by atoms with van der Waals surface area (Å²) in [5.74, 6) is 2.05. The maximum Gasteiger partial charge on any atom is 0.231 e. The molecule has 90 valence electrons. The van der Waals surface area contributed by atoms with E-state index in [9.17, 15) is 0 Å². The van der Waals surface area contributed by atoms with Crippen LogP contribution in [0.3, 0.4) is 0 Å². The Morgan fingerprint density at radius 2 is 2.44 bits per heavy atom. The minimum absolute atomic E-state index is 0.386. The Morgan fingerprint density at radius 1 is 1.62 bits per heavy atom. The largest absolute Gasteiger partial charge is 0.339 e. The number of hydrogen-bond acceptors (Lipinski definition) is 5. The van der Waals surface area contributed by atoms with Crippen LogP contribution in [0.4, 0.5) is 0 Å². The maximum absolute atomic E-state index is 5.33. The van der Waals surface area contributed by atoms with Crippen molar-refractivity contribution in [2.24, 2.45) is 0 Å². The molecule has 1 fully saturated rings. The normalized spacial score (nSPS) is 23.8. The highest BCUT2D eigenvalue weighted by Gasteiger charge is 2.26. The van der Waals surface area contributed by atoms with E-state index in [2.05, 4.69) is 34.3 Å². The van der Waals surface area contributed by atoms with Crippen molar-refractivity contribution in [1.29, 1.82) is 0 Å². The summed E-state index contributed by atoms with van der Waals surface area (Å²) >= 11 is 0. The molecule has 0 aliphatic carbocycles.